The topological polar surface area (TPSA) is 91.2 Å². The molecule has 3 aromatic rings. The van der Waals surface area contributed by atoms with Gasteiger partial charge in [0.1, 0.15) is 0 Å². The Morgan fingerprint density at radius 2 is 2.11 bits per heavy atom. The van der Waals surface area contributed by atoms with Crippen molar-refractivity contribution >= 4 is 23.4 Å². The van der Waals surface area contributed by atoms with E-state index in [0.717, 1.165) is 5.56 Å². The van der Waals surface area contributed by atoms with Crippen molar-refractivity contribution < 1.29 is 14.3 Å². The van der Waals surface area contributed by atoms with Crippen molar-refractivity contribution in [3.05, 3.63) is 42.7 Å². The number of carbonyl (C=O) groups is 1. The molecule has 0 saturated heterocycles. The molecule has 3 heterocycles. The summed E-state index contributed by atoms with van der Waals surface area (Å²) in [6.45, 7) is 2.02. The zero-order valence-corrected chi connectivity index (χ0v) is 15.6. The lowest BCUT2D eigenvalue weighted by Gasteiger charge is -2.12. The highest BCUT2D eigenvalue weighted by Crippen LogP contribution is 2.34. The minimum Gasteiger partial charge on any atom is -0.454 e. The van der Waals surface area contributed by atoms with E-state index >= 15 is 0 Å². The summed E-state index contributed by atoms with van der Waals surface area (Å²) >= 11 is 1.34. The van der Waals surface area contributed by atoms with E-state index in [1.165, 1.54) is 11.8 Å². The van der Waals surface area contributed by atoms with E-state index in [1.807, 2.05) is 30.7 Å². The maximum absolute atomic E-state index is 12.5. The van der Waals surface area contributed by atoms with Crippen molar-refractivity contribution in [2.45, 2.75) is 17.3 Å². The highest BCUT2D eigenvalue weighted by atomic mass is 32.2. The van der Waals surface area contributed by atoms with Crippen LogP contribution in [0.1, 0.15) is 6.92 Å². The summed E-state index contributed by atoms with van der Waals surface area (Å²) in [7, 11) is 1.87. The van der Waals surface area contributed by atoms with Crippen LogP contribution in [0.3, 0.4) is 0 Å². The Kier molecular flexibility index (Phi) is 4.68. The molecule has 0 aliphatic carbocycles. The van der Waals surface area contributed by atoms with Crippen molar-refractivity contribution in [3.8, 4) is 22.9 Å². The Labute approximate surface area is 159 Å². The van der Waals surface area contributed by atoms with E-state index < -0.39 is 0 Å². The molecular weight excluding hydrogens is 366 g/mol. The third-order valence-corrected chi connectivity index (χ3v) is 5.18. The van der Waals surface area contributed by atoms with E-state index in [1.54, 1.807) is 30.6 Å². The van der Waals surface area contributed by atoms with Gasteiger partial charge in [0.05, 0.1) is 5.25 Å². The highest BCUT2D eigenvalue weighted by molar-refractivity contribution is 8.00. The normalized spacial score (nSPS) is 13.4. The van der Waals surface area contributed by atoms with Crippen molar-refractivity contribution in [2.24, 2.45) is 7.05 Å². The van der Waals surface area contributed by atoms with E-state index in [2.05, 4.69) is 20.5 Å². The van der Waals surface area contributed by atoms with Gasteiger partial charge >= 0.3 is 0 Å². The second-order valence-electron chi connectivity index (χ2n) is 5.92. The summed E-state index contributed by atoms with van der Waals surface area (Å²) < 4.78 is 12.5. The number of amides is 1. The number of anilines is 1. The number of aromatic nitrogens is 4. The maximum atomic E-state index is 12.5. The fourth-order valence-corrected chi connectivity index (χ4v) is 3.41. The lowest BCUT2D eigenvalue weighted by molar-refractivity contribution is -0.115. The first-order valence-corrected chi connectivity index (χ1v) is 9.17. The number of pyridine rings is 1. The van der Waals surface area contributed by atoms with Crippen molar-refractivity contribution in [1.82, 2.24) is 19.7 Å². The summed E-state index contributed by atoms with van der Waals surface area (Å²) in [6, 6.07) is 9.07. The molecule has 8 nitrogen and oxygen atoms in total. The van der Waals surface area contributed by atoms with Gasteiger partial charge in [-0.1, -0.05) is 11.8 Å². The van der Waals surface area contributed by atoms with Crippen LogP contribution in [0.4, 0.5) is 5.69 Å². The molecule has 0 fully saturated rings. The number of thioether (sulfide) groups is 1. The van der Waals surface area contributed by atoms with E-state index in [4.69, 9.17) is 9.47 Å². The summed E-state index contributed by atoms with van der Waals surface area (Å²) in [6.07, 6.45) is 3.44. The molecule has 2 aromatic heterocycles. The Hall–Kier alpha value is -3.07. The molecule has 138 valence electrons. The van der Waals surface area contributed by atoms with E-state index in [-0.39, 0.29) is 18.0 Å². The molecule has 27 heavy (non-hydrogen) atoms. The van der Waals surface area contributed by atoms with Gasteiger partial charge in [-0.2, -0.15) is 0 Å². The number of hydrogen-bond donors (Lipinski definition) is 1. The van der Waals surface area contributed by atoms with Crippen LogP contribution in [-0.2, 0) is 11.8 Å². The zero-order valence-electron chi connectivity index (χ0n) is 14.7. The SMILES string of the molecule is CC(Sc1nnc(-c2cccnc2)n1C)C(=O)Nc1ccc2c(c1)OCO2. The predicted molar refractivity (Wildman–Crippen MR) is 101 cm³/mol. The van der Waals surface area contributed by atoms with Crippen molar-refractivity contribution in [3.63, 3.8) is 0 Å². The molecule has 1 aliphatic heterocycles. The largest absolute Gasteiger partial charge is 0.454 e. The highest BCUT2D eigenvalue weighted by Gasteiger charge is 2.21. The summed E-state index contributed by atoms with van der Waals surface area (Å²) in [4.78, 5) is 16.6. The number of hydrogen-bond acceptors (Lipinski definition) is 7. The van der Waals surface area contributed by atoms with Gasteiger partial charge in [-0.3, -0.25) is 9.78 Å². The minimum atomic E-state index is -0.361. The van der Waals surface area contributed by atoms with Crippen LogP contribution in [0.5, 0.6) is 11.5 Å². The van der Waals surface area contributed by atoms with Gasteiger partial charge in [-0.15, -0.1) is 10.2 Å². The summed E-state index contributed by atoms with van der Waals surface area (Å²) in [5, 5.41) is 11.6. The van der Waals surface area contributed by atoms with Crippen molar-refractivity contribution in [2.75, 3.05) is 12.1 Å². The van der Waals surface area contributed by atoms with Crippen LogP contribution in [0.25, 0.3) is 11.4 Å². The molecule has 1 atom stereocenters. The molecule has 1 aliphatic rings. The molecule has 0 radical (unpaired) electrons. The number of ether oxygens (including phenoxy) is 2. The standard InChI is InChI=1S/C18H17N5O3S/c1-11(17(24)20-13-5-6-14-15(8-13)26-10-25-14)27-18-22-21-16(23(18)2)12-4-3-7-19-9-12/h3-9,11H,10H2,1-2H3,(H,20,24). The van der Waals surface area contributed by atoms with Crippen LogP contribution < -0.4 is 14.8 Å². The minimum absolute atomic E-state index is 0.134. The lowest BCUT2D eigenvalue weighted by atomic mass is 10.2. The molecular formula is C18H17N5O3S. The van der Waals surface area contributed by atoms with E-state index in [0.29, 0.717) is 28.2 Å². The Balaban J connectivity index is 1.44. The van der Waals surface area contributed by atoms with E-state index in [9.17, 15) is 4.79 Å². The molecule has 1 N–H and O–H groups in total. The quantitative estimate of drug-likeness (QED) is 0.677. The van der Waals surface area contributed by atoms with Gasteiger partial charge in [0, 0.05) is 36.8 Å². The smallest absolute Gasteiger partial charge is 0.237 e. The van der Waals surface area contributed by atoms with Gasteiger partial charge in [-0.25, -0.2) is 0 Å². The number of benzene rings is 1. The molecule has 1 unspecified atom stereocenters. The monoisotopic (exact) mass is 383 g/mol. The second-order valence-corrected chi connectivity index (χ2v) is 7.23. The average molecular weight is 383 g/mol. The molecule has 0 spiro atoms. The molecule has 4 rings (SSSR count). The lowest BCUT2D eigenvalue weighted by Crippen LogP contribution is -2.22. The fraction of sp³-hybridized carbons (Fsp3) is 0.222. The Morgan fingerprint density at radius 1 is 1.26 bits per heavy atom. The summed E-state index contributed by atoms with van der Waals surface area (Å²) in [5.74, 6) is 1.87. The average Bonchev–Trinajstić information content (AvgIpc) is 3.29. The predicted octanol–water partition coefficient (Wildman–Crippen LogP) is 2.73. The number of rotatable bonds is 5. The van der Waals surface area contributed by atoms with Crippen LogP contribution in [0.2, 0.25) is 0 Å². The van der Waals surface area contributed by atoms with Crippen LogP contribution in [0.15, 0.2) is 47.9 Å². The van der Waals surface area contributed by atoms with Gasteiger partial charge in [0.25, 0.3) is 0 Å². The summed E-state index contributed by atoms with van der Waals surface area (Å²) in [5.41, 5.74) is 1.53. The molecule has 1 aromatic carbocycles. The van der Waals surface area contributed by atoms with Crippen LogP contribution in [-0.4, -0.2) is 37.7 Å². The number of fused-ring (bicyclic) bond motifs is 1. The maximum Gasteiger partial charge on any atom is 0.237 e. The Morgan fingerprint density at radius 3 is 2.93 bits per heavy atom. The van der Waals surface area contributed by atoms with Crippen LogP contribution in [0, 0.1) is 0 Å². The third kappa shape index (κ3) is 3.59. The first kappa shape index (κ1) is 17.3. The molecule has 0 bridgehead atoms. The molecule has 1 amide bonds. The second kappa shape index (κ2) is 7.28. The first-order chi connectivity index (χ1) is 13.1. The third-order valence-electron chi connectivity index (χ3n) is 4.05. The number of nitrogens with zero attached hydrogens (tertiary/aromatic N) is 4. The van der Waals surface area contributed by atoms with Crippen molar-refractivity contribution in [1.29, 1.82) is 0 Å². The number of carbonyl (C=O) groups excluding carboxylic acids is 1. The Bertz CT molecular complexity index is 976. The van der Waals surface area contributed by atoms with Gasteiger partial charge < -0.3 is 19.4 Å². The first-order valence-electron chi connectivity index (χ1n) is 8.29. The number of nitrogens with one attached hydrogen (secondary N) is 1. The van der Waals surface area contributed by atoms with Gasteiger partial charge in [-0.05, 0) is 31.2 Å². The van der Waals surface area contributed by atoms with Crippen LogP contribution >= 0.6 is 11.8 Å². The molecule has 0 saturated carbocycles. The molecule has 9 heteroatoms. The zero-order chi connectivity index (χ0) is 18.8. The van der Waals surface area contributed by atoms with Gasteiger partial charge in [0.2, 0.25) is 12.7 Å². The van der Waals surface area contributed by atoms with Gasteiger partial charge in [0.15, 0.2) is 22.5 Å². The fourth-order valence-electron chi connectivity index (χ4n) is 2.59.